The van der Waals surface area contributed by atoms with E-state index in [0.717, 1.165) is 44.4 Å². The first-order chi connectivity index (χ1) is 14.0. The highest BCUT2D eigenvalue weighted by Gasteiger charge is 2.33. The lowest BCUT2D eigenvalue weighted by atomic mass is 9.83. The van der Waals surface area contributed by atoms with Crippen LogP contribution in [0.15, 0.2) is 29.3 Å². The van der Waals surface area contributed by atoms with E-state index in [0.29, 0.717) is 5.41 Å². The minimum Gasteiger partial charge on any atom is -0.497 e. The summed E-state index contributed by atoms with van der Waals surface area (Å²) in [6.45, 7) is 5.43. The van der Waals surface area contributed by atoms with Gasteiger partial charge in [-0.1, -0.05) is 25.0 Å². The number of methoxy groups -OCH3 is 2. The molecule has 0 amide bonds. The first-order valence-electron chi connectivity index (χ1n) is 10.8. The standard InChI is InChI=1S/C23H40N4O2.HI/c1-6-24-22(26-18-23(15-16-28-4)13-7-8-14-23)25-17-21(27(2)3)19-9-11-20(29-5)12-10-19;/h9-12,21H,6-8,13-18H2,1-5H3,(H2,24,25,26);1H. The van der Waals surface area contributed by atoms with Crippen LogP contribution in [0, 0.1) is 5.41 Å². The van der Waals surface area contributed by atoms with E-state index in [4.69, 9.17) is 14.5 Å². The molecule has 1 aliphatic rings. The molecule has 1 atom stereocenters. The van der Waals surface area contributed by atoms with Gasteiger partial charge in [-0.15, -0.1) is 24.0 Å². The second kappa shape index (κ2) is 14.1. The van der Waals surface area contributed by atoms with Gasteiger partial charge in [-0.05, 0) is 63.4 Å². The number of aliphatic imine (C=N–C) groups is 1. The Morgan fingerprint density at radius 1 is 1.13 bits per heavy atom. The van der Waals surface area contributed by atoms with E-state index in [9.17, 15) is 0 Å². The van der Waals surface area contributed by atoms with E-state index >= 15 is 0 Å². The van der Waals surface area contributed by atoms with E-state index in [1.165, 1.54) is 31.2 Å². The second-order valence-corrected chi connectivity index (χ2v) is 8.28. The van der Waals surface area contributed by atoms with Crippen molar-refractivity contribution in [3.63, 3.8) is 0 Å². The number of nitrogens with zero attached hydrogens (tertiary/aromatic N) is 2. The van der Waals surface area contributed by atoms with Gasteiger partial charge in [-0.25, -0.2) is 0 Å². The average molecular weight is 533 g/mol. The van der Waals surface area contributed by atoms with Crippen molar-refractivity contribution in [1.29, 1.82) is 0 Å². The molecule has 1 aromatic rings. The van der Waals surface area contributed by atoms with Gasteiger partial charge in [0.15, 0.2) is 5.96 Å². The van der Waals surface area contributed by atoms with Crippen LogP contribution in [0.1, 0.15) is 50.6 Å². The maximum Gasteiger partial charge on any atom is 0.191 e. The summed E-state index contributed by atoms with van der Waals surface area (Å²) >= 11 is 0. The highest BCUT2D eigenvalue weighted by molar-refractivity contribution is 14.0. The van der Waals surface area contributed by atoms with Crippen LogP contribution >= 0.6 is 24.0 Å². The Balaban J connectivity index is 0.00000450. The number of hydrogen-bond donors (Lipinski definition) is 2. The quantitative estimate of drug-likeness (QED) is 0.256. The number of nitrogens with one attached hydrogen (secondary N) is 2. The van der Waals surface area contributed by atoms with Gasteiger partial charge >= 0.3 is 0 Å². The lowest BCUT2D eigenvalue weighted by Gasteiger charge is -2.28. The van der Waals surface area contributed by atoms with Crippen LogP contribution in [-0.4, -0.2) is 65.4 Å². The van der Waals surface area contributed by atoms with Gasteiger partial charge < -0.3 is 25.0 Å². The average Bonchev–Trinajstić information content (AvgIpc) is 3.20. The number of ether oxygens (including phenoxy) is 2. The molecule has 2 rings (SSSR count). The predicted molar refractivity (Wildman–Crippen MR) is 136 cm³/mol. The summed E-state index contributed by atoms with van der Waals surface area (Å²) < 4.78 is 10.7. The largest absolute Gasteiger partial charge is 0.497 e. The van der Waals surface area contributed by atoms with Gasteiger partial charge in [0.05, 0.1) is 13.2 Å². The molecule has 0 aliphatic heterocycles. The van der Waals surface area contributed by atoms with Crippen LogP contribution in [-0.2, 0) is 4.74 Å². The maximum absolute atomic E-state index is 5.36. The first kappa shape index (κ1) is 27.0. The molecule has 0 saturated heterocycles. The zero-order valence-electron chi connectivity index (χ0n) is 19.4. The maximum atomic E-state index is 5.36. The van der Waals surface area contributed by atoms with E-state index < -0.39 is 0 Å². The number of likely N-dealkylation sites (N-methyl/N-ethyl adjacent to an activating group) is 1. The number of benzene rings is 1. The fraction of sp³-hybridized carbons (Fsp3) is 0.696. The Bertz CT molecular complexity index is 616. The van der Waals surface area contributed by atoms with E-state index in [1.54, 1.807) is 14.2 Å². The fourth-order valence-electron chi connectivity index (χ4n) is 4.14. The third kappa shape index (κ3) is 8.23. The molecule has 1 fully saturated rings. The summed E-state index contributed by atoms with van der Waals surface area (Å²) in [5.41, 5.74) is 1.56. The molecule has 0 radical (unpaired) electrons. The lowest BCUT2D eigenvalue weighted by molar-refractivity contribution is 0.141. The molecular weight excluding hydrogens is 491 g/mol. The number of guanidine groups is 1. The van der Waals surface area contributed by atoms with Crippen molar-refractivity contribution < 1.29 is 9.47 Å². The van der Waals surface area contributed by atoms with Crippen molar-refractivity contribution in [3.05, 3.63) is 29.8 Å². The zero-order chi connectivity index (χ0) is 21.1. The molecule has 2 N–H and O–H groups in total. The third-order valence-corrected chi connectivity index (χ3v) is 6.00. The first-order valence-corrected chi connectivity index (χ1v) is 10.8. The van der Waals surface area contributed by atoms with Gasteiger partial charge in [-0.2, -0.15) is 0 Å². The highest BCUT2D eigenvalue weighted by Crippen LogP contribution is 2.41. The van der Waals surface area contributed by atoms with E-state index in [2.05, 4.69) is 48.7 Å². The van der Waals surface area contributed by atoms with Gasteiger partial charge in [0.2, 0.25) is 0 Å². The Hall–Kier alpha value is -1.06. The Labute approximate surface area is 200 Å². The van der Waals surface area contributed by atoms with Gasteiger partial charge in [0, 0.05) is 33.4 Å². The van der Waals surface area contributed by atoms with Crippen LogP contribution < -0.4 is 15.4 Å². The molecule has 172 valence electrons. The van der Waals surface area contributed by atoms with Crippen molar-refractivity contribution in [2.45, 2.75) is 45.1 Å². The zero-order valence-corrected chi connectivity index (χ0v) is 21.7. The molecule has 0 spiro atoms. The number of halogens is 1. The summed E-state index contributed by atoms with van der Waals surface area (Å²) in [7, 11) is 7.71. The summed E-state index contributed by atoms with van der Waals surface area (Å²) in [5, 5.41) is 6.97. The van der Waals surface area contributed by atoms with Gasteiger partial charge in [0.1, 0.15) is 5.75 Å². The summed E-state index contributed by atoms with van der Waals surface area (Å²) in [6, 6.07) is 8.55. The smallest absolute Gasteiger partial charge is 0.191 e. The number of hydrogen-bond acceptors (Lipinski definition) is 4. The monoisotopic (exact) mass is 532 g/mol. The molecule has 7 heteroatoms. The van der Waals surface area contributed by atoms with Crippen molar-refractivity contribution in [3.8, 4) is 5.75 Å². The Kier molecular flexibility index (Phi) is 12.7. The van der Waals surface area contributed by atoms with Gasteiger partial charge in [-0.3, -0.25) is 4.99 Å². The molecule has 1 aliphatic carbocycles. The van der Waals surface area contributed by atoms with Crippen molar-refractivity contribution in [1.82, 2.24) is 15.5 Å². The summed E-state index contributed by atoms with van der Waals surface area (Å²) in [5.74, 6) is 1.78. The minimum atomic E-state index is 0. The van der Waals surface area contributed by atoms with Crippen LogP contribution in [0.2, 0.25) is 0 Å². The van der Waals surface area contributed by atoms with Crippen LogP contribution in [0.3, 0.4) is 0 Å². The van der Waals surface area contributed by atoms with E-state index in [-0.39, 0.29) is 30.0 Å². The summed E-state index contributed by atoms with van der Waals surface area (Å²) in [4.78, 5) is 7.20. The molecule has 1 aromatic carbocycles. The van der Waals surface area contributed by atoms with E-state index in [1.807, 2.05) is 12.1 Å². The van der Waals surface area contributed by atoms with Crippen molar-refractivity contribution >= 4 is 29.9 Å². The molecule has 1 unspecified atom stereocenters. The summed E-state index contributed by atoms with van der Waals surface area (Å²) in [6.07, 6.45) is 6.22. The molecule has 0 heterocycles. The fourth-order valence-corrected chi connectivity index (χ4v) is 4.14. The lowest BCUT2D eigenvalue weighted by Crippen LogP contribution is -2.42. The van der Waals surface area contributed by atoms with Crippen LogP contribution in [0.5, 0.6) is 5.75 Å². The second-order valence-electron chi connectivity index (χ2n) is 8.28. The minimum absolute atomic E-state index is 0. The molecule has 6 nitrogen and oxygen atoms in total. The highest BCUT2D eigenvalue weighted by atomic mass is 127. The normalized spacial score (nSPS) is 16.8. The van der Waals surface area contributed by atoms with Crippen molar-refractivity contribution in [2.75, 3.05) is 54.6 Å². The topological polar surface area (TPSA) is 58.1 Å². The van der Waals surface area contributed by atoms with Crippen LogP contribution in [0.25, 0.3) is 0 Å². The molecule has 30 heavy (non-hydrogen) atoms. The Morgan fingerprint density at radius 3 is 2.33 bits per heavy atom. The Morgan fingerprint density at radius 2 is 1.80 bits per heavy atom. The molecule has 0 bridgehead atoms. The van der Waals surface area contributed by atoms with Crippen molar-refractivity contribution in [2.24, 2.45) is 10.4 Å². The SMILES string of the molecule is CCNC(=NCC1(CCOC)CCCC1)NCC(c1ccc(OC)cc1)N(C)C.I. The number of rotatable bonds is 11. The molecule has 1 saturated carbocycles. The molecule has 0 aromatic heterocycles. The molecular formula is C23H41IN4O2. The van der Waals surface area contributed by atoms with Gasteiger partial charge in [0.25, 0.3) is 0 Å². The van der Waals surface area contributed by atoms with Crippen LogP contribution in [0.4, 0.5) is 0 Å². The predicted octanol–water partition coefficient (Wildman–Crippen LogP) is 4.07. The third-order valence-electron chi connectivity index (χ3n) is 6.00.